The molecule has 0 aromatic carbocycles. The van der Waals surface area contributed by atoms with Crippen LogP contribution >= 0.6 is 0 Å². The van der Waals surface area contributed by atoms with Crippen molar-refractivity contribution in [2.24, 2.45) is 17.8 Å². The Bertz CT molecular complexity index is 413. The lowest BCUT2D eigenvalue weighted by atomic mass is 9.88. The monoisotopic (exact) mass is 436 g/mol. The Kier molecular flexibility index (Phi) is 14.1. The Hall–Kier alpha value is -0.0231. The van der Waals surface area contributed by atoms with Gasteiger partial charge in [-0.05, 0) is 36.9 Å². The van der Waals surface area contributed by atoms with Gasteiger partial charge in [-0.15, -0.1) is 0 Å². The van der Waals surface area contributed by atoms with Crippen LogP contribution in [0.5, 0.6) is 0 Å². The van der Waals surface area contributed by atoms with E-state index in [9.17, 15) is 5.11 Å². The summed E-state index contributed by atoms with van der Waals surface area (Å²) in [6, 6.07) is 0. The summed E-state index contributed by atoms with van der Waals surface area (Å²) in [5.74, 6) is 0.626. The molecule has 7 heteroatoms. The Morgan fingerprint density at radius 3 is 1.86 bits per heavy atom. The molecule has 0 saturated heterocycles. The van der Waals surface area contributed by atoms with Gasteiger partial charge in [0.2, 0.25) is 0 Å². The van der Waals surface area contributed by atoms with Gasteiger partial charge < -0.3 is 28.5 Å². The van der Waals surface area contributed by atoms with Gasteiger partial charge in [-0.25, -0.2) is 0 Å². The van der Waals surface area contributed by atoms with E-state index in [4.69, 9.17) is 23.4 Å². The molecule has 0 aliphatic carbocycles. The van der Waals surface area contributed by atoms with Crippen LogP contribution in [0.3, 0.4) is 0 Å². The second-order valence-electron chi connectivity index (χ2n) is 9.91. The van der Waals surface area contributed by atoms with Crippen LogP contribution in [0, 0.1) is 17.8 Å². The Morgan fingerprint density at radius 1 is 0.828 bits per heavy atom. The van der Waals surface area contributed by atoms with E-state index in [1.54, 1.807) is 14.2 Å². The standard InChI is InChI=1S/C22H48O6Si/c1-17(11-12-20(18(2)13-23)26-15-24-7)21(27-16-25-8)19(3)14-28-29(9,10)22(4,5)6/h17-21,23H,11-16H2,1-10H3/t17-,18-,19-,20-,21-/m0/s1. The first-order valence-electron chi connectivity index (χ1n) is 10.9. The quantitative estimate of drug-likeness (QED) is 0.280. The van der Waals surface area contributed by atoms with E-state index in [0.717, 1.165) is 12.8 Å². The topological polar surface area (TPSA) is 66.4 Å². The summed E-state index contributed by atoms with van der Waals surface area (Å²) < 4.78 is 28.5. The third kappa shape index (κ3) is 10.7. The molecule has 0 unspecified atom stereocenters. The van der Waals surface area contributed by atoms with Gasteiger partial charge in [-0.3, -0.25) is 0 Å². The average molecular weight is 437 g/mol. The summed E-state index contributed by atoms with van der Waals surface area (Å²) in [6.07, 6.45) is 1.77. The molecule has 5 atom stereocenters. The number of aliphatic hydroxyl groups excluding tert-OH is 1. The maximum Gasteiger partial charge on any atom is 0.191 e. The van der Waals surface area contributed by atoms with Crippen molar-refractivity contribution in [1.82, 2.24) is 0 Å². The van der Waals surface area contributed by atoms with Crippen LogP contribution in [-0.4, -0.2) is 66.7 Å². The normalized spacial score (nSPS) is 18.3. The highest BCUT2D eigenvalue weighted by atomic mass is 28.4. The van der Waals surface area contributed by atoms with Gasteiger partial charge in [0.25, 0.3) is 0 Å². The van der Waals surface area contributed by atoms with E-state index in [0.29, 0.717) is 12.5 Å². The minimum atomic E-state index is -1.80. The van der Waals surface area contributed by atoms with E-state index in [-0.39, 0.29) is 49.3 Å². The fraction of sp³-hybridized carbons (Fsp3) is 1.00. The average Bonchev–Trinajstić information content (AvgIpc) is 2.65. The van der Waals surface area contributed by atoms with Crippen LogP contribution in [0.15, 0.2) is 0 Å². The van der Waals surface area contributed by atoms with E-state index in [1.165, 1.54) is 0 Å². The second-order valence-corrected chi connectivity index (χ2v) is 14.7. The molecule has 0 heterocycles. The van der Waals surface area contributed by atoms with E-state index >= 15 is 0 Å². The van der Waals surface area contributed by atoms with Crippen LogP contribution in [0.2, 0.25) is 18.1 Å². The van der Waals surface area contributed by atoms with Crippen molar-refractivity contribution in [3.8, 4) is 0 Å². The van der Waals surface area contributed by atoms with Crippen molar-refractivity contribution >= 4 is 8.32 Å². The van der Waals surface area contributed by atoms with Crippen molar-refractivity contribution in [2.45, 2.75) is 84.7 Å². The fourth-order valence-electron chi connectivity index (χ4n) is 3.08. The molecule has 0 aliphatic rings. The molecule has 176 valence electrons. The lowest BCUT2D eigenvalue weighted by Crippen LogP contribution is -2.43. The largest absolute Gasteiger partial charge is 0.416 e. The third-order valence-electron chi connectivity index (χ3n) is 6.24. The summed E-state index contributed by atoms with van der Waals surface area (Å²) in [7, 11) is 1.46. The number of hydrogen-bond donors (Lipinski definition) is 1. The summed E-state index contributed by atoms with van der Waals surface area (Å²) >= 11 is 0. The molecule has 0 aromatic rings. The van der Waals surface area contributed by atoms with Crippen molar-refractivity contribution in [2.75, 3.05) is 41.0 Å². The van der Waals surface area contributed by atoms with Crippen LogP contribution in [0.1, 0.15) is 54.4 Å². The summed E-state index contributed by atoms with van der Waals surface area (Å²) in [6.45, 7) is 19.0. The predicted octanol–water partition coefficient (Wildman–Crippen LogP) is 4.67. The number of rotatable bonds is 16. The van der Waals surface area contributed by atoms with E-state index < -0.39 is 8.32 Å². The molecular formula is C22H48O6Si. The van der Waals surface area contributed by atoms with Gasteiger partial charge in [0.15, 0.2) is 8.32 Å². The minimum absolute atomic E-state index is 0.0345. The number of hydrogen-bond acceptors (Lipinski definition) is 6. The van der Waals surface area contributed by atoms with Crippen LogP contribution in [0.4, 0.5) is 0 Å². The van der Waals surface area contributed by atoms with Crippen molar-refractivity contribution < 1.29 is 28.5 Å². The lowest BCUT2D eigenvalue weighted by molar-refractivity contribution is -0.121. The molecule has 0 radical (unpaired) electrons. The summed E-state index contributed by atoms with van der Waals surface area (Å²) in [4.78, 5) is 0. The first-order valence-corrected chi connectivity index (χ1v) is 13.8. The number of ether oxygens (including phenoxy) is 4. The highest BCUT2D eigenvalue weighted by Gasteiger charge is 2.38. The lowest BCUT2D eigenvalue weighted by Gasteiger charge is -2.38. The zero-order valence-electron chi connectivity index (χ0n) is 20.6. The zero-order valence-corrected chi connectivity index (χ0v) is 21.6. The first kappa shape index (κ1) is 29.0. The molecule has 0 fully saturated rings. The predicted molar refractivity (Wildman–Crippen MR) is 120 cm³/mol. The SMILES string of the molecule is COCO[C@@H]([C@@H](C)CC[C@H](OCOC)[C@@H](C)CO)[C@@H](C)CO[Si](C)(C)C(C)(C)C. The van der Waals surface area contributed by atoms with Crippen molar-refractivity contribution in [3.63, 3.8) is 0 Å². The van der Waals surface area contributed by atoms with Gasteiger partial charge in [-0.2, -0.15) is 0 Å². The number of methoxy groups -OCH3 is 2. The fourth-order valence-corrected chi connectivity index (χ4v) is 4.20. The molecule has 0 spiro atoms. The van der Waals surface area contributed by atoms with Gasteiger partial charge in [-0.1, -0.05) is 41.5 Å². The second kappa shape index (κ2) is 14.1. The summed E-state index contributed by atoms with van der Waals surface area (Å²) in [5.41, 5.74) is 0. The molecule has 1 N–H and O–H groups in total. The van der Waals surface area contributed by atoms with E-state index in [1.807, 2.05) is 6.92 Å². The zero-order chi connectivity index (χ0) is 22.7. The molecule has 0 rings (SSSR count). The van der Waals surface area contributed by atoms with Crippen LogP contribution in [0.25, 0.3) is 0 Å². The summed E-state index contributed by atoms with van der Waals surface area (Å²) in [5, 5.41) is 9.71. The Balaban J connectivity index is 4.95. The Morgan fingerprint density at radius 2 is 1.38 bits per heavy atom. The smallest absolute Gasteiger partial charge is 0.191 e. The molecule has 0 saturated carbocycles. The molecule has 0 bridgehead atoms. The van der Waals surface area contributed by atoms with Crippen molar-refractivity contribution in [3.05, 3.63) is 0 Å². The van der Waals surface area contributed by atoms with Gasteiger partial charge in [0, 0.05) is 39.3 Å². The van der Waals surface area contributed by atoms with Gasteiger partial charge in [0.05, 0.1) is 12.2 Å². The Labute approximate surface area is 180 Å². The van der Waals surface area contributed by atoms with E-state index in [2.05, 4.69) is 47.7 Å². The van der Waals surface area contributed by atoms with Gasteiger partial charge in [0.1, 0.15) is 13.6 Å². The maximum atomic E-state index is 9.52. The molecule has 0 aromatic heterocycles. The van der Waals surface area contributed by atoms with Crippen molar-refractivity contribution in [1.29, 1.82) is 0 Å². The number of aliphatic hydroxyl groups is 1. The molecule has 0 aliphatic heterocycles. The molecule has 29 heavy (non-hydrogen) atoms. The molecule has 0 amide bonds. The first-order chi connectivity index (χ1) is 13.4. The maximum absolute atomic E-state index is 9.52. The molecular weight excluding hydrogens is 388 g/mol. The highest BCUT2D eigenvalue weighted by Crippen LogP contribution is 2.37. The third-order valence-corrected chi connectivity index (χ3v) is 10.7. The minimum Gasteiger partial charge on any atom is -0.416 e. The van der Waals surface area contributed by atoms with Gasteiger partial charge >= 0.3 is 0 Å². The highest BCUT2D eigenvalue weighted by molar-refractivity contribution is 6.74. The van der Waals surface area contributed by atoms with Crippen LogP contribution in [-0.2, 0) is 23.4 Å². The molecule has 6 nitrogen and oxygen atoms in total. The van der Waals surface area contributed by atoms with Crippen LogP contribution < -0.4 is 0 Å².